The van der Waals surface area contributed by atoms with Crippen LogP contribution in [0.2, 0.25) is 0 Å². The Balaban J connectivity index is 0.00000400. The predicted octanol–water partition coefficient (Wildman–Crippen LogP) is -0.267. The Hall–Kier alpha value is -0.100. The molecule has 7 nitrogen and oxygen atoms in total. The van der Waals surface area contributed by atoms with Gasteiger partial charge in [-0.25, -0.2) is 16.8 Å². The molecular weight excluding hydrogens is 429 g/mol. The van der Waals surface area contributed by atoms with E-state index in [2.05, 4.69) is 10.3 Å². The predicted molar refractivity (Wildman–Crippen MR) is 95.9 cm³/mol. The van der Waals surface area contributed by atoms with Gasteiger partial charge in [0.05, 0.1) is 16.3 Å². The fourth-order valence-electron chi connectivity index (χ4n) is 2.01. The molecule has 0 bridgehead atoms. The van der Waals surface area contributed by atoms with E-state index in [-0.39, 0.29) is 42.0 Å². The number of halogens is 1. The van der Waals surface area contributed by atoms with Crippen molar-refractivity contribution in [2.24, 2.45) is 4.99 Å². The zero-order valence-electron chi connectivity index (χ0n) is 12.8. The molecule has 0 spiro atoms. The zero-order valence-corrected chi connectivity index (χ0v) is 16.8. The maximum Gasteiger partial charge on any atom is 0.193 e. The Labute approximate surface area is 144 Å². The van der Waals surface area contributed by atoms with Crippen LogP contribution in [-0.4, -0.2) is 76.9 Å². The van der Waals surface area contributed by atoms with Crippen molar-refractivity contribution in [3.05, 3.63) is 0 Å². The van der Waals surface area contributed by atoms with E-state index >= 15 is 0 Å². The molecule has 1 aliphatic heterocycles. The number of hydrogen-bond donors (Lipinski definition) is 1. The zero-order chi connectivity index (χ0) is 15.6. The van der Waals surface area contributed by atoms with Crippen molar-refractivity contribution in [2.75, 3.05) is 44.4 Å². The summed E-state index contributed by atoms with van der Waals surface area (Å²) in [5.74, 6) is 0.630. The maximum absolute atomic E-state index is 11.9. The quantitative estimate of drug-likeness (QED) is 0.359. The van der Waals surface area contributed by atoms with Gasteiger partial charge in [-0.05, 0) is 13.8 Å². The van der Waals surface area contributed by atoms with Crippen LogP contribution >= 0.6 is 24.0 Å². The van der Waals surface area contributed by atoms with Crippen LogP contribution in [0.25, 0.3) is 0 Å². The van der Waals surface area contributed by atoms with Gasteiger partial charge in [-0.1, -0.05) is 0 Å². The summed E-state index contributed by atoms with van der Waals surface area (Å²) in [6.07, 6.45) is 1.17. The second-order valence-corrected chi connectivity index (χ2v) is 10.6. The molecule has 1 fully saturated rings. The molecule has 21 heavy (non-hydrogen) atoms. The number of nitrogens with one attached hydrogen (secondary N) is 1. The summed E-state index contributed by atoms with van der Waals surface area (Å²) in [6.45, 7) is 4.35. The van der Waals surface area contributed by atoms with Gasteiger partial charge in [0.1, 0.15) is 9.84 Å². The molecule has 0 aliphatic carbocycles. The van der Waals surface area contributed by atoms with Gasteiger partial charge in [0.2, 0.25) is 0 Å². The standard InChI is InChI=1S/C11H23N3O4S2.HI/c1-11(2)9-14(6-8-20(11,17)18)10(12-3)13-5-7-19(4,15)16;/h5-9H2,1-4H3,(H,12,13);1H. The van der Waals surface area contributed by atoms with E-state index in [1.165, 1.54) is 6.26 Å². The van der Waals surface area contributed by atoms with Gasteiger partial charge < -0.3 is 10.2 Å². The summed E-state index contributed by atoms with van der Waals surface area (Å²) in [6, 6.07) is 0. The lowest BCUT2D eigenvalue weighted by Gasteiger charge is -2.39. The van der Waals surface area contributed by atoms with Gasteiger partial charge in [0.25, 0.3) is 0 Å². The topological polar surface area (TPSA) is 95.9 Å². The van der Waals surface area contributed by atoms with Gasteiger partial charge in [-0.15, -0.1) is 24.0 Å². The van der Waals surface area contributed by atoms with Crippen LogP contribution in [0.1, 0.15) is 13.8 Å². The second-order valence-electron chi connectivity index (χ2n) is 5.60. The van der Waals surface area contributed by atoms with Crippen LogP contribution in [0.4, 0.5) is 0 Å². The Morgan fingerprint density at radius 3 is 2.38 bits per heavy atom. The molecule has 0 atom stereocenters. The highest BCUT2D eigenvalue weighted by Gasteiger charge is 2.40. The molecule has 0 unspecified atom stereocenters. The van der Waals surface area contributed by atoms with Crippen LogP contribution in [0, 0.1) is 0 Å². The molecule has 1 heterocycles. The lowest BCUT2D eigenvalue weighted by molar-refractivity contribution is 0.354. The first-order valence-electron chi connectivity index (χ1n) is 6.34. The Morgan fingerprint density at radius 2 is 1.95 bits per heavy atom. The first-order valence-corrected chi connectivity index (χ1v) is 10.1. The van der Waals surface area contributed by atoms with Crippen molar-refractivity contribution in [3.63, 3.8) is 0 Å². The summed E-state index contributed by atoms with van der Waals surface area (Å²) in [5, 5.41) is 2.96. The number of sulfone groups is 2. The third kappa shape index (κ3) is 5.89. The number of aliphatic imine (C=N–C) groups is 1. The molecular formula is C11H24IN3O4S2. The molecule has 1 N–H and O–H groups in total. The van der Waals surface area contributed by atoms with Crippen LogP contribution in [0.5, 0.6) is 0 Å². The van der Waals surface area contributed by atoms with Gasteiger partial charge in [0.15, 0.2) is 15.8 Å². The highest BCUT2D eigenvalue weighted by Crippen LogP contribution is 2.23. The molecule has 1 aliphatic rings. The van der Waals surface area contributed by atoms with Crippen LogP contribution < -0.4 is 5.32 Å². The average Bonchev–Trinajstić information content (AvgIpc) is 2.27. The minimum atomic E-state index is -3.10. The maximum atomic E-state index is 11.9. The SMILES string of the molecule is CN=C(NCCS(C)(=O)=O)N1CCS(=O)(=O)C(C)(C)C1.I. The van der Waals surface area contributed by atoms with Crippen molar-refractivity contribution < 1.29 is 16.8 Å². The highest BCUT2D eigenvalue weighted by molar-refractivity contribution is 14.0. The van der Waals surface area contributed by atoms with E-state index in [1.807, 2.05) is 4.90 Å². The summed E-state index contributed by atoms with van der Waals surface area (Å²) in [4.78, 5) is 5.94. The number of guanidine groups is 1. The summed E-state index contributed by atoms with van der Waals surface area (Å²) in [5.41, 5.74) is 0. The minimum Gasteiger partial charge on any atom is -0.355 e. The molecule has 0 aromatic rings. The van der Waals surface area contributed by atoms with E-state index < -0.39 is 24.4 Å². The highest BCUT2D eigenvalue weighted by atomic mass is 127. The third-order valence-corrected chi connectivity index (χ3v) is 6.79. The monoisotopic (exact) mass is 453 g/mol. The first kappa shape index (κ1) is 20.9. The second kappa shape index (κ2) is 7.44. The normalized spacial score (nSPS) is 21.5. The van der Waals surface area contributed by atoms with E-state index in [0.29, 0.717) is 19.0 Å². The van der Waals surface area contributed by atoms with Gasteiger partial charge in [-0.3, -0.25) is 4.99 Å². The molecule has 1 rings (SSSR count). The van der Waals surface area contributed by atoms with Gasteiger partial charge in [-0.2, -0.15) is 0 Å². The molecule has 0 amide bonds. The smallest absolute Gasteiger partial charge is 0.193 e. The Bertz CT molecular complexity index is 585. The third-order valence-electron chi connectivity index (χ3n) is 3.31. The number of hydrogen-bond acceptors (Lipinski definition) is 5. The van der Waals surface area contributed by atoms with E-state index in [4.69, 9.17) is 0 Å². The molecule has 0 aromatic heterocycles. The fraction of sp³-hybridized carbons (Fsp3) is 0.909. The number of nitrogens with zero attached hydrogens (tertiary/aromatic N) is 2. The van der Waals surface area contributed by atoms with Crippen molar-refractivity contribution >= 4 is 49.6 Å². The van der Waals surface area contributed by atoms with Crippen molar-refractivity contribution in [1.29, 1.82) is 0 Å². The molecule has 1 saturated heterocycles. The molecule has 126 valence electrons. The average molecular weight is 453 g/mol. The van der Waals surface area contributed by atoms with E-state index in [1.54, 1.807) is 20.9 Å². The van der Waals surface area contributed by atoms with Gasteiger partial charge >= 0.3 is 0 Å². The number of rotatable bonds is 3. The summed E-state index contributed by atoms with van der Waals surface area (Å²) in [7, 11) is -4.54. The van der Waals surface area contributed by atoms with Crippen LogP contribution in [0.15, 0.2) is 4.99 Å². The Morgan fingerprint density at radius 1 is 1.38 bits per heavy atom. The lowest BCUT2D eigenvalue weighted by Crippen LogP contribution is -2.57. The molecule has 10 heteroatoms. The van der Waals surface area contributed by atoms with Gasteiger partial charge in [0, 0.05) is 32.9 Å². The van der Waals surface area contributed by atoms with Crippen LogP contribution in [0.3, 0.4) is 0 Å². The van der Waals surface area contributed by atoms with Crippen molar-refractivity contribution in [1.82, 2.24) is 10.2 Å². The minimum absolute atomic E-state index is 0. The summed E-state index contributed by atoms with van der Waals surface area (Å²) < 4.78 is 45.2. The first-order chi connectivity index (χ1) is 8.98. The van der Waals surface area contributed by atoms with E-state index in [0.717, 1.165) is 0 Å². The summed E-state index contributed by atoms with van der Waals surface area (Å²) >= 11 is 0. The molecule has 0 saturated carbocycles. The van der Waals surface area contributed by atoms with Crippen molar-refractivity contribution in [2.45, 2.75) is 18.6 Å². The van der Waals surface area contributed by atoms with E-state index in [9.17, 15) is 16.8 Å². The molecule has 0 aromatic carbocycles. The lowest BCUT2D eigenvalue weighted by atomic mass is 10.2. The largest absolute Gasteiger partial charge is 0.355 e. The fourth-order valence-corrected chi connectivity index (χ4v) is 3.84. The molecule has 0 radical (unpaired) electrons. The van der Waals surface area contributed by atoms with Crippen molar-refractivity contribution in [3.8, 4) is 0 Å². The van der Waals surface area contributed by atoms with Crippen LogP contribution in [-0.2, 0) is 19.7 Å². The Kier molecular flexibility index (Phi) is 7.41.